The first-order valence-electron chi connectivity index (χ1n) is 43.8. The van der Waals surface area contributed by atoms with E-state index in [0.29, 0.717) is 80.6 Å². The Morgan fingerprint density at radius 1 is 0.374 bits per heavy atom. The highest BCUT2D eigenvalue weighted by Crippen LogP contribution is 2.51. The van der Waals surface area contributed by atoms with E-state index in [4.69, 9.17) is 54.5 Å². The molecular formula is C95H106Br6Cl3N11O8. The quantitative estimate of drug-likeness (QED) is 0.0885. The van der Waals surface area contributed by atoms with Crippen molar-refractivity contribution in [3.05, 3.63) is 231 Å². The van der Waals surface area contributed by atoms with Crippen LogP contribution in [0.5, 0.6) is 0 Å². The summed E-state index contributed by atoms with van der Waals surface area (Å²) in [6.45, 7) is 11.3. The van der Waals surface area contributed by atoms with Gasteiger partial charge in [0, 0.05) is 201 Å². The van der Waals surface area contributed by atoms with Gasteiger partial charge in [0.25, 0.3) is 0 Å². The Labute approximate surface area is 787 Å². The third-order valence-corrected chi connectivity index (χ3v) is 31.4. The van der Waals surface area contributed by atoms with E-state index in [1.54, 1.807) is 22.9 Å². The number of esters is 1. The molecule has 3 atom stereocenters. The molecule has 3 aromatic carbocycles. The molecule has 0 N–H and O–H groups in total. The van der Waals surface area contributed by atoms with E-state index in [0.717, 1.165) is 234 Å². The summed E-state index contributed by atoms with van der Waals surface area (Å²) in [5.41, 5.74) is 15.5. The van der Waals surface area contributed by atoms with Gasteiger partial charge in [0.1, 0.15) is 18.8 Å². The lowest BCUT2D eigenvalue weighted by Crippen LogP contribution is -2.43. The molecular weight excluding hydrogens is 2010 g/mol. The van der Waals surface area contributed by atoms with Crippen LogP contribution in [0.2, 0.25) is 15.1 Å². The van der Waals surface area contributed by atoms with Crippen LogP contribution in [0, 0.1) is 35.5 Å². The van der Waals surface area contributed by atoms with Crippen molar-refractivity contribution in [2.24, 2.45) is 35.5 Å². The molecule has 0 bridgehead atoms. The fourth-order valence-corrected chi connectivity index (χ4v) is 25.4. The number of hydrogen-bond donors (Lipinski definition) is 0. The number of halogens is 9. The van der Waals surface area contributed by atoms with Crippen LogP contribution >= 0.6 is 130 Å². The Kier molecular flexibility index (Phi) is 31.1. The molecule has 11 heterocycles. The zero-order valence-corrected chi connectivity index (χ0v) is 81.5. The third-order valence-electron chi connectivity index (χ3n) is 27.5. The lowest BCUT2D eigenvalue weighted by atomic mass is 9.76. The topological polar surface area (TPSA) is 197 Å². The lowest BCUT2D eigenvalue weighted by molar-refractivity contribution is -0.137. The second kappa shape index (κ2) is 41.9. The largest absolute Gasteiger partial charge is 0.464 e. The Morgan fingerprint density at radius 3 is 1.00 bits per heavy atom. The summed E-state index contributed by atoms with van der Waals surface area (Å²) in [7, 11) is 1.33. The zero-order valence-electron chi connectivity index (χ0n) is 69.7. The van der Waals surface area contributed by atoms with Gasteiger partial charge in [0.15, 0.2) is 0 Å². The van der Waals surface area contributed by atoms with Crippen molar-refractivity contribution in [3.8, 4) is 0 Å². The first kappa shape index (κ1) is 91.5. The van der Waals surface area contributed by atoms with E-state index in [2.05, 4.69) is 142 Å². The van der Waals surface area contributed by atoms with Crippen LogP contribution in [-0.2, 0) is 85.1 Å². The normalized spacial score (nSPS) is 19.9. The fourth-order valence-electron chi connectivity index (χ4n) is 20.9. The molecule has 0 radical (unpaired) electrons. The average Bonchev–Trinajstić information content (AvgIpc) is 1.70. The van der Waals surface area contributed by atoms with Gasteiger partial charge in [-0.25, -0.2) is 4.79 Å². The van der Waals surface area contributed by atoms with Gasteiger partial charge in [0.05, 0.1) is 24.2 Å². The van der Waals surface area contributed by atoms with Gasteiger partial charge in [-0.15, -0.1) is 0 Å². The SMILES string of the molecule is CCC(=O)N1CCC(CC(=O)N2CCC([C@H]3c4ncc(Br)cc4CCc4cc(Cl)cc(Br)c43)CC2)CC1.COC(=O)c1cccn1CC(=O)N1CCC(CC(=O)N2CCC([C@H]3c4ncc(Br)cc4CCc4cc(Cl)cc(Br)c43)CC2)CC1.O=C(CC1CCN(C(=O)Cn2cccc2)CC1)N1CCC([C@H]2c3ncc(Br)cc3CCc3cc(Cl)cc(Br)c32)CC1. The lowest BCUT2D eigenvalue weighted by Gasteiger charge is -2.38. The number of ether oxygens (including phenoxy) is 1. The van der Waals surface area contributed by atoms with Crippen molar-refractivity contribution in [2.75, 3.05) is 85.6 Å². The summed E-state index contributed by atoms with van der Waals surface area (Å²) in [6.07, 6.45) is 30.1. The molecule has 3 aliphatic carbocycles. The van der Waals surface area contributed by atoms with Crippen LogP contribution < -0.4 is 0 Å². The molecule has 123 heavy (non-hydrogen) atoms. The Hall–Kier alpha value is -6.29. The molecule has 6 saturated heterocycles. The maximum Gasteiger partial charge on any atom is 0.354 e. The van der Waals surface area contributed by atoms with E-state index < -0.39 is 5.97 Å². The number of aryl methyl sites for hydroxylation is 6. The van der Waals surface area contributed by atoms with Crippen molar-refractivity contribution < 1.29 is 38.3 Å². The van der Waals surface area contributed by atoms with Gasteiger partial charge >= 0.3 is 5.97 Å². The van der Waals surface area contributed by atoms with Gasteiger partial charge < -0.3 is 43.3 Å². The summed E-state index contributed by atoms with van der Waals surface area (Å²) in [6, 6.07) is 26.3. The maximum atomic E-state index is 13.4. The molecule has 0 spiro atoms. The first-order chi connectivity index (χ1) is 59.4. The summed E-state index contributed by atoms with van der Waals surface area (Å²) in [4.78, 5) is 116. The van der Waals surface area contributed by atoms with Gasteiger partial charge in [-0.2, -0.15) is 0 Å². The van der Waals surface area contributed by atoms with Crippen molar-refractivity contribution in [3.63, 3.8) is 0 Å². The number of likely N-dealkylation sites (tertiary alicyclic amines) is 6. The van der Waals surface area contributed by atoms with Crippen LogP contribution in [0.1, 0.15) is 205 Å². The minimum Gasteiger partial charge on any atom is -0.464 e. The minimum absolute atomic E-state index is 0.0272. The molecule has 19 nitrogen and oxygen atoms in total. The summed E-state index contributed by atoms with van der Waals surface area (Å²) >= 11 is 41.8. The minimum atomic E-state index is -0.458. The van der Waals surface area contributed by atoms with Crippen molar-refractivity contribution in [1.29, 1.82) is 0 Å². The molecule has 0 saturated carbocycles. The van der Waals surface area contributed by atoms with E-state index >= 15 is 0 Å². The number of pyridine rings is 3. The van der Waals surface area contributed by atoms with E-state index in [-0.39, 0.29) is 65.7 Å². The van der Waals surface area contributed by atoms with Crippen LogP contribution in [0.4, 0.5) is 0 Å². The van der Waals surface area contributed by atoms with Crippen LogP contribution in [-0.4, -0.2) is 181 Å². The number of aromatic nitrogens is 5. The number of hydrogen-bond acceptors (Lipinski definition) is 11. The third kappa shape index (κ3) is 22.0. The highest BCUT2D eigenvalue weighted by molar-refractivity contribution is 9.11. The highest BCUT2D eigenvalue weighted by Gasteiger charge is 2.42. The molecule has 6 aliphatic heterocycles. The Morgan fingerprint density at radius 2 is 0.675 bits per heavy atom. The van der Waals surface area contributed by atoms with E-state index in [1.807, 2.05) is 92.4 Å². The molecule has 9 aliphatic rings. The van der Waals surface area contributed by atoms with Crippen LogP contribution in [0.15, 0.2) is 143 Å². The molecule has 6 amide bonds. The van der Waals surface area contributed by atoms with Crippen LogP contribution in [0.3, 0.4) is 0 Å². The number of amides is 6. The van der Waals surface area contributed by atoms with Gasteiger partial charge in [-0.3, -0.25) is 43.7 Å². The summed E-state index contributed by atoms with van der Waals surface area (Å²) in [5, 5.41) is 2.25. The number of piperidine rings is 6. The van der Waals surface area contributed by atoms with Crippen molar-refractivity contribution in [2.45, 2.75) is 179 Å². The highest BCUT2D eigenvalue weighted by atomic mass is 79.9. The second-order valence-electron chi connectivity index (χ2n) is 34.9. The molecule has 5 aromatic heterocycles. The molecule has 0 unspecified atom stereocenters. The molecule has 652 valence electrons. The monoisotopic (exact) mass is 2110 g/mol. The maximum absolute atomic E-state index is 13.4. The second-order valence-corrected chi connectivity index (χ2v) is 41.5. The van der Waals surface area contributed by atoms with E-state index in [1.165, 1.54) is 62.9 Å². The average molecular weight is 2120 g/mol. The summed E-state index contributed by atoms with van der Waals surface area (Å²) in [5.74, 6) is 3.32. The predicted octanol–water partition coefficient (Wildman–Crippen LogP) is 20.3. The Bertz CT molecular complexity index is 5180. The number of benzene rings is 3. The smallest absolute Gasteiger partial charge is 0.354 e. The predicted molar refractivity (Wildman–Crippen MR) is 501 cm³/mol. The first-order valence-corrected chi connectivity index (χ1v) is 49.7. The van der Waals surface area contributed by atoms with Gasteiger partial charge in [0.2, 0.25) is 35.4 Å². The summed E-state index contributed by atoms with van der Waals surface area (Å²) < 4.78 is 14.5. The zero-order chi connectivity index (χ0) is 86.3. The van der Waals surface area contributed by atoms with Crippen molar-refractivity contribution >= 4 is 172 Å². The molecule has 8 aromatic rings. The number of fused-ring (bicyclic) bond motifs is 6. The van der Waals surface area contributed by atoms with Crippen molar-refractivity contribution in [1.82, 2.24) is 53.5 Å². The van der Waals surface area contributed by atoms with Gasteiger partial charge in [-0.1, -0.05) is 89.5 Å². The molecule has 17 rings (SSSR count). The number of carbonyl (C=O) groups is 7. The van der Waals surface area contributed by atoms with Crippen LogP contribution in [0.25, 0.3) is 0 Å². The van der Waals surface area contributed by atoms with Gasteiger partial charge in [-0.05, 0) is 328 Å². The number of carbonyl (C=O) groups excluding carboxylic acids is 7. The standard InChI is InChI=1S/C34H37Br2ClN4O4.C32H35Br2ClN4O2.C29H34Br2ClN3O2/c1-45-34(44)28-3-2-10-41(28)20-30(43)40-11-6-21(7-12-40)15-29(42)39-13-8-22(9-14-39)32-31-23(17-26(37)18-27(31)36)4-5-24-16-25(35)19-38-33(24)32;33-25-16-24-4-3-23-17-26(35)18-27(34)30(23)31(32(24)36-19-25)22-7-13-38(14-8-22)28(40)15-21-5-11-39(12-6-21)29(41)20-37-9-1-2-10-37;1-2-25(36)34-9-5-18(6-10-34)13-26(37)35-11-7-19(8-12-35)28-27-20(15-23(32)16-24(27)31)3-4-21-14-22(30)17-33-29(21)28/h2-3,10,16-19,21-22,32H,4-9,11-15,20H2,1H3;1-2,9-10,16-19,21-22,31H,3-8,11-15,20H2;14-19,28H,2-13H2,1H3/t32-;31-;28-/m111/s1. The molecule has 28 heteroatoms. The number of nitrogens with zero attached hydrogens (tertiary/aromatic N) is 11. The Balaban J connectivity index is 0.000000144. The fraction of sp³-hybridized carbons (Fsp3) is 0.495. The number of methoxy groups -OCH3 is 1. The number of rotatable bonds is 15. The molecule has 6 fully saturated rings. The van der Waals surface area contributed by atoms with E-state index in [9.17, 15) is 33.6 Å².